The topological polar surface area (TPSA) is 46.3 Å². The first-order valence-electron chi connectivity index (χ1n) is 8.21. The number of hydrogen-bond donors (Lipinski definition) is 0. The van der Waals surface area contributed by atoms with Crippen molar-refractivity contribution in [3.8, 4) is 11.3 Å². The number of halogens is 2. The molecule has 0 spiro atoms. The highest BCUT2D eigenvalue weighted by atomic mass is 19.1. The normalized spacial score (nSPS) is 10.7. The lowest BCUT2D eigenvalue weighted by Gasteiger charge is -2.17. The Bertz CT molecular complexity index is 908. The predicted octanol–water partition coefficient (Wildman–Crippen LogP) is 4.21. The van der Waals surface area contributed by atoms with Crippen molar-refractivity contribution in [2.75, 3.05) is 7.05 Å². The zero-order chi connectivity index (χ0) is 18.5. The molecule has 26 heavy (non-hydrogen) atoms. The van der Waals surface area contributed by atoms with Crippen LogP contribution in [0.3, 0.4) is 0 Å². The van der Waals surface area contributed by atoms with Gasteiger partial charge >= 0.3 is 0 Å². The number of rotatable bonds is 6. The summed E-state index contributed by atoms with van der Waals surface area (Å²) in [4.78, 5) is 17.8. The molecule has 0 aliphatic heterocycles. The van der Waals surface area contributed by atoms with Crippen LogP contribution < -0.4 is 0 Å². The van der Waals surface area contributed by atoms with E-state index in [1.807, 2.05) is 0 Å². The van der Waals surface area contributed by atoms with Crippen LogP contribution in [0.4, 0.5) is 8.78 Å². The highest BCUT2D eigenvalue weighted by molar-refractivity contribution is 5.76. The number of nitrogens with zero attached hydrogens (tertiary/aromatic N) is 2. The molecule has 0 saturated heterocycles. The Labute approximate surface area is 150 Å². The van der Waals surface area contributed by atoms with Gasteiger partial charge in [0.15, 0.2) is 11.7 Å². The fourth-order valence-electron chi connectivity index (χ4n) is 2.59. The van der Waals surface area contributed by atoms with Gasteiger partial charge in [-0.2, -0.15) is 0 Å². The van der Waals surface area contributed by atoms with Gasteiger partial charge in [0.2, 0.25) is 5.91 Å². The Morgan fingerprint density at radius 3 is 2.50 bits per heavy atom. The number of benzene rings is 2. The summed E-state index contributed by atoms with van der Waals surface area (Å²) < 4.78 is 33.0. The van der Waals surface area contributed by atoms with Crippen LogP contribution in [0, 0.1) is 11.6 Å². The van der Waals surface area contributed by atoms with E-state index in [0.29, 0.717) is 22.8 Å². The van der Waals surface area contributed by atoms with Crippen molar-refractivity contribution < 1.29 is 18.0 Å². The van der Waals surface area contributed by atoms with E-state index in [4.69, 9.17) is 4.42 Å². The largest absolute Gasteiger partial charge is 0.441 e. The molecular formula is C20H18F2N2O2. The van der Waals surface area contributed by atoms with Gasteiger partial charge in [-0.1, -0.05) is 30.3 Å². The molecule has 0 radical (unpaired) electrons. The first-order valence-corrected chi connectivity index (χ1v) is 8.21. The lowest BCUT2D eigenvalue weighted by atomic mass is 10.2. The number of aromatic nitrogens is 1. The Balaban J connectivity index is 1.58. The smallest absolute Gasteiger partial charge is 0.223 e. The van der Waals surface area contributed by atoms with Gasteiger partial charge in [0, 0.05) is 32.0 Å². The zero-order valence-corrected chi connectivity index (χ0v) is 14.3. The lowest BCUT2D eigenvalue weighted by Crippen LogP contribution is -2.26. The third kappa shape index (κ3) is 4.14. The van der Waals surface area contributed by atoms with Crippen molar-refractivity contribution >= 4 is 5.91 Å². The Morgan fingerprint density at radius 2 is 1.77 bits per heavy atom. The summed E-state index contributed by atoms with van der Waals surface area (Å²) in [6, 6.07) is 12.6. The molecule has 0 aliphatic carbocycles. The van der Waals surface area contributed by atoms with E-state index in [9.17, 15) is 13.6 Å². The minimum atomic E-state index is -0.393. The summed E-state index contributed by atoms with van der Waals surface area (Å²) >= 11 is 0. The van der Waals surface area contributed by atoms with E-state index in [1.54, 1.807) is 43.4 Å². The van der Waals surface area contributed by atoms with Gasteiger partial charge < -0.3 is 9.32 Å². The molecule has 0 N–H and O–H groups in total. The highest BCUT2D eigenvalue weighted by Crippen LogP contribution is 2.23. The first kappa shape index (κ1) is 17.8. The third-order valence-corrected chi connectivity index (χ3v) is 4.04. The number of hydrogen-bond acceptors (Lipinski definition) is 3. The molecule has 6 heteroatoms. The van der Waals surface area contributed by atoms with Crippen molar-refractivity contribution in [2.24, 2.45) is 0 Å². The number of amides is 1. The lowest BCUT2D eigenvalue weighted by molar-refractivity contribution is -0.130. The Morgan fingerprint density at radius 1 is 1.08 bits per heavy atom. The summed E-state index contributed by atoms with van der Waals surface area (Å²) in [6.07, 6.45) is 1.90. The fourth-order valence-corrected chi connectivity index (χ4v) is 2.59. The van der Waals surface area contributed by atoms with E-state index in [2.05, 4.69) is 4.98 Å². The fraction of sp³-hybridized carbons (Fsp3) is 0.200. The molecule has 3 aromatic rings. The van der Waals surface area contributed by atoms with E-state index in [-0.39, 0.29) is 31.1 Å². The van der Waals surface area contributed by atoms with Gasteiger partial charge in [-0.05, 0) is 18.2 Å². The van der Waals surface area contributed by atoms with Crippen molar-refractivity contribution in [3.05, 3.63) is 77.8 Å². The van der Waals surface area contributed by atoms with Gasteiger partial charge in [0.05, 0.1) is 11.8 Å². The molecule has 1 heterocycles. The van der Waals surface area contributed by atoms with Crippen LogP contribution in [0.5, 0.6) is 0 Å². The van der Waals surface area contributed by atoms with Crippen molar-refractivity contribution in [2.45, 2.75) is 19.4 Å². The summed E-state index contributed by atoms with van der Waals surface area (Å²) in [5.74, 6) is -0.203. The van der Waals surface area contributed by atoms with E-state index in [1.165, 1.54) is 23.2 Å². The Kier molecular flexibility index (Phi) is 5.41. The molecule has 0 fully saturated rings. The summed E-state index contributed by atoms with van der Waals surface area (Å²) in [5, 5.41) is 0. The zero-order valence-electron chi connectivity index (χ0n) is 14.3. The Hall–Kier alpha value is -3.02. The summed E-state index contributed by atoms with van der Waals surface area (Å²) in [6.45, 7) is 0.192. The van der Waals surface area contributed by atoms with E-state index < -0.39 is 5.82 Å². The van der Waals surface area contributed by atoms with Crippen LogP contribution in [-0.4, -0.2) is 22.8 Å². The first-order chi connectivity index (χ1) is 12.5. The molecule has 0 atom stereocenters. The number of oxazole rings is 1. The molecule has 2 aromatic carbocycles. The maximum absolute atomic E-state index is 13.8. The van der Waals surface area contributed by atoms with Gasteiger partial charge in [0.1, 0.15) is 11.6 Å². The van der Waals surface area contributed by atoms with Gasteiger partial charge in [-0.3, -0.25) is 4.79 Å². The average Bonchev–Trinajstić information content (AvgIpc) is 3.10. The number of aryl methyl sites for hydroxylation is 1. The van der Waals surface area contributed by atoms with E-state index >= 15 is 0 Å². The van der Waals surface area contributed by atoms with Crippen LogP contribution in [0.15, 0.2) is 59.1 Å². The van der Waals surface area contributed by atoms with Crippen LogP contribution in [0.1, 0.15) is 17.9 Å². The third-order valence-electron chi connectivity index (χ3n) is 4.04. The molecule has 3 rings (SSSR count). The minimum Gasteiger partial charge on any atom is -0.441 e. The molecule has 0 saturated carbocycles. The molecule has 0 bridgehead atoms. The van der Waals surface area contributed by atoms with Crippen LogP contribution in [0.2, 0.25) is 0 Å². The second-order valence-electron chi connectivity index (χ2n) is 5.94. The van der Waals surface area contributed by atoms with Crippen molar-refractivity contribution in [3.63, 3.8) is 0 Å². The van der Waals surface area contributed by atoms with Crippen LogP contribution in [0.25, 0.3) is 11.3 Å². The molecule has 4 nitrogen and oxygen atoms in total. The monoisotopic (exact) mass is 356 g/mol. The second kappa shape index (κ2) is 7.91. The molecular weight excluding hydrogens is 338 g/mol. The predicted molar refractivity (Wildman–Crippen MR) is 93.1 cm³/mol. The van der Waals surface area contributed by atoms with Crippen LogP contribution >= 0.6 is 0 Å². The molecule has 0 aliphatic rings. The summed E-state index contributed by atoms with van der Waals surface area (Å²) in [7, 11) is 1.62. The van der Waals surface area contributed by atoms with Gasteiger partial charge in [-0.25, -0.2) is 13.8 Å². The number of carbonyl (C=O) groups excluding carboxylic acids is 1. The molecule has 0 unspecified atom stereocenters. The molecule has 1 amide bonds. The van der Waals surface area contributed by atoms with Crippen LogP contribution in [-0.2, 0) is 17.8 Å². The standard InChI is InChI=1S/C20H18F2N2O2/c1-24(13-14-6-2-4-8-16(14)21)20(25)11-10-19-23-12-18(26-19)15-7-3-5-9-17(15)22/h2-9,12H,10-11,13H2,1H3. The summed E-state index contributed by atoms with van der Waals surface area (Å²) in [5.41, 5.74) is 0.788. The maximum Gasteiger partial charge on any atom is 0.223 e. The SMILES string of the molecule is CN(Cc1ccccc1F)C(=O)CCc1ncc(-c2ccccc2F)o1. The van der Waals surface area contributed by atoms with E-state index in [0.717, 1.165) is 0 Å². The van der Waals surface area contributed by atoms with Crippen molar-refractivity contribution in [1.29, 1.82) is 0 Å². The molecule has 134 valence electrons. The van der Waals surface area contributed by atoms with Gasteiger partial charge in [0.25, 0.3) is 0 Å². The quantitative estimate of drug-likeness (QED) is 0.665. The van der Waals surface area contributed by atoms with Gasteiger partial charge in [-0.15, -0.1) is 0 Å². The highest BCUT2D eigenvalue weighted by Gasteiger charge is 2.15. The average molecular weight is 356 g/mol. The minimum absolute atomic E-state index is 0.154. The number of carbonyl (C=O) groups is 1. The van der Waals surface area contributed by atoms with Crippen molar-refractivity contribution in [1.82, 2.24) is 9.88 Å². The maximum atomic E-state index is 13.8. The molecule has 1 aromatic heterocycles. The second-order valence-corrected chi connectivity index (χ2v) is 5.94.